The summed E-state index contributed by atoms with van der Waals surface area (Å²) >= 11 is 0. The first-order chi connectivity index (χ1) is 12.2. The average molecular weight is 334 g/mol. The van der Waals surface area contributed by atoms with Crippen LogP contribution in [0.1, 0.15) is 12.2 Å². The second kappa shape index (κ2) is 6.43. The Kier molecular flexibility index (Phi) is 3.98. The number of hydrogen-bond donors (Lipinski definition) is 1. The van der Waals surface area contributed by atoms with Gasteiger partial charge in [-0.2, -0.15) is 0 Å². The van der Waals surface area contributed by atoms with Crippen LogP contribution in [0.15, 0.2) is 65.3 Å². The number of carbonyl (C=O) groups is 2. The van der Waals surface area contributed by atoms with Crippen molar-refractivity contribution in [2.75, 3.05) is 11.9 Å². The van der Waals surface area contributed by atoms with Crippen molar-refractivity contribution in [1.29, 1.82) is 0 Å². The smallest absolute Gasteiger partial charge is 0.229 e. The molecule has 0 aliphatic carbocycles. The van der Waals surface area contributed by atoms with E-state index in [1.54, 1.807) is 17.2 Å². The minimum Gasteiger partial charge on any atom is -0.467 e. The molecule has 1 atom stereocenters. The maximum absolute atomic E-state index is 12.5. The van der Waals surface area contributed by atoms with E-state index in [9.17, 15) is 9.59 Å². The Bertz CT molecular complexity index is 918. The van der Waals surface area contributed by atoms with Crippen LogP contribution >= 0.6 is 0 Å². The summed E-state index contributed by atoms with van der Waals surface area (Å²) in [5.41, 5.74) is 0.751. The molecule has 5 nitrogen and oxygen atoms in total. The number of likely N-dealkylation sites (tertiary alicyclic amines) is 1. The van der Waals surface area contributed by atoms with Gasteiger partial charge in [-0.1, -0.05) is 30.3 Å². The van der Waals surface area contributed by atoms with E-state index in [0.717, 1.165) is 22.2 Å². The lowest BCUT2D eigenvalue weighted by Crippen LogP contribution is -2.27. The molecule has 1 saturated heterocycles. The summed E-state index contributed by atoms with van der Waals surface area (Å²) in [5, 5.41) is 5.13. The third-order valence-electron chi connectivity index (χ3n) is 4.53. The average Bonchev–Trinajstić information content (AvgIpc) is 3.25. The van der Waals surface area contributed by atoms with Crippen molar-refractivity contribution in [2.24, 2.45) is 5.92 Å². The molecule has 1 aliphatic rings. The Morgan fingerprint density at radius 3 is 2.76 bits per heavy atom. The van der Waals surface area contributed by atoms with Crippen molar-refractivity contribution < 1.29 is 14.0 Å². The molecule has 3 aromatic rings. The first kappa shape index (κ1) is 15.4. The van der Waals surface area contributed by atoms with E-state index >= 15 is 0 Å². The Balaban J connectivity index is 1.43. The lowest BCUT2D eigenvalue weighted by atomic mass is 10.1. The van der Waals surface area contributed by atoms with E-state index in [-0.39, 0.29) is 24.2 Å². The van der Waals surface area contributed by atoms with E-state index in [2.05, 4.69) is 5.32 Å². The quantitative estimate of drug-likeness (QED) is 0.795. The van der Waals surface area contributed by atoms with E-state index in [0.29, 0.717) is 13.1 Å². The summed E-state index contributed by atoms with van der Waals surface area (Å²) in [4.78, 5) is 26.3. The minimum atomic E-state index is -0.339. The highest BCUT2D eigenvalue weighted by Crippen LogP contribution is 2.23. The molecule has 0 bridgehead atoms. The van der Waals surface area contributed by atoms with Crippen LogP contribution in [0.2, 0.25) is 0 Å². The van der Waals surface area contributed by atoms with Crippen molar-refractivity contribution in [3.8, 4) is 0 Å². The van der Waals surface area contributed by atoms with Gasteiger partial charge in [-0.15, -0.1) is 0 Å². The fraction of sp³-hybridized carbons (Fsp3) is 0.200. The molecule has 5 heteroatoms. The van der Waals surface area contributed by atoms with Gasteiger partial charge < -0.3 is 14.6 Å². The first-order valence-electron chi connectivity index (χ1n) is 8.29. The lowest BCUT2D eigenvalue weighted by molar-refractivity contribution is -0.128. The topological polar surface area (TPSA) is 62.6 Å². The molecule has 4 rings (SSSR count). The molecule has 2 aromatic carbocycles. The van der Waals surface area contributed by atoms with Gasteiger partial charge in [-0.25, -0.2) is 0 Å². The van der Waals surface area contributed by atoms with E-state index < -0.39 is 0 Å². The van der Waals surface area contributed by atoms with Crippen molar-refractivity contribution >= 4 is 28.3 Å². The van der Waals surface area contributed by atoms with E-state index in [1.807, 2.05) is 48.5 Å². The van der Waals surface area contributed by atoms with Crippen LogP contribution in [0.25, 0.3) is 10.8 Å². The molecule has 25 heavy (non-hydrogen) atoms. The highest BCUT2D eigenvalue weighted by atomic mass is 16.3. The molecule has 1 N–H and O–H groups in total. The predicted molar refractivity (Wildman–Crippen MR) is 94.8 cm³/mol. The van der Waals surface area contributed by atoms with Gasteiger partial charge in [0.05, 0.1) is 18.7 Å². The normalized spacial score (nSPS) is 17.2. The van der Waals surface area contributed by atoms with Crippen LogP contribution < -0.4 is 5.32 Å². The van der Waals surface area contributed by atoms with Crippen molar-refractivity contribution in [3.05, 3.63) is 66.6 Å². The zero-order chi connectivity index (χ0) is 17.2. The van der Waals surface area contributed by atoms with Gasteiger partial charge in [0.1, 0.15) is 5.76 Å². The molecule has 0 saturated carbocycles. The van der Waals surface area contributed by atoms with Gasteiger partial charge >= 0.3 is 0 Å². The molecule has 126 valence electrons. The number of benzene rings is 2. The summed E-state index contributed by atoms with van der Waals surface area (Å²) in [6.07, 6.45) is 1.82. The van der Waals surface area contributed by atoms with Crippen LogP contribution in [0.3, 0.4) is 0 Å². The molecular weight excluding hydrogens is 316 g/mol. The molecule has 2 amide bonds. The Morgan fingerprint density at radius 2 is 1.96 bits per heavy atom. The van der Waals surface area contributed by atoms with Gasteiger partial charge in [0.15, 0.2) is 0 Å². The number of carbonyl (C=O) groups excluding carboxylic acids is 2. The summed E-state index contributed by atoms with van der Waals surface area (Å²) in [6, 6.07) is 17.4. The summed E-state index contributed by atoms with van der Waals surface area (Å²) in [7, 11) is 0. The minimum absolute atomic E-state index is 0.0185. The van der Waals surface area contributed by atoms with E-state index in [1.165, 1.54) is 0 Å². The molecular formula is C20H18N2O3. The lowest BCUT2D eigenvalue weighted by Gasteiger charge is -2.15. The maximum atomic E-state index is 12.5. The van der Waals surface area contributed by atoms with Crippen LogP contribution in [0.4, 0.5) is 5.69 Å². The molecule has 0 spiro atoms. The number of rotatable bonds is 4. The van der Waals surface area contributed by atoms with Crippen molar-refractivity contribution in [2.45, 2.75) is 13.0 Å². The SMILES string of the molecule is O=C(Nc1ccc2ccccc2c1)C1CC(=O)N(Cc2ccco2)C1. The van der Waals surface area contributed by atoms with Gasteiger partial charge in [-0.3, -0.25) is 9.59 Å². The molecule has 1 aromatic heterocycles. The van der Waals surface area contributed by atoms with Crippen LogP contribution in [-0.4, -0.2) is 23.3 Å². The van der Waals surface area contributed by atoms with Crippen LogP contribution in [0, 0.1) is 5.92 Å². The number of hydrogen-bond acceptors (Lipinski definition) is 3. The predicted octanol–water partition coefficient (Wildman–Crippen LogP) is 3.42. The second-order valence-corrected chi connectivity index (χ2v) is 6.31. The third kappa shape index (κ3) is 3.26. The monoisotopic (exact) mass is 334 g/mol. The van der Waals surface area contributed by atoms with Crippen molar-refractivity contribution in [3.63, 3.8) is 0 Å². The van der Waals surface area contributed by atoms with Gasteiger partial charge in [0.25, 0.3) is 0 Å². The Morgan fingerprint density at radius 1 is 1.12 bits per heavy atom. The van der Waals surface area contributed by atoms with Crippen LogP contribution in [-0.2, 0) is 16.1 Å². The Labute approximate surface area is 145 Å². The zero-order valence-corrected chi connectivity index (χ0v) is 13.6. The molecule has 1 fully saturated rings. The fourth-order valence-electron chi connectivity index (χ4n) is 3.20. The molecule has 2 heterocycles. The largest absolute Gasteiger partial charge is 0.467 e. The Hall–Kier alpha value is -3.08. The molecule has 0 radical (unpaired) electrons. The van der Waals surface area contributed by atoms with Crippen molar-refractivity contribution in [1.82, 2.24) is 4.90 Å². The number of anilines is 1. The third-order valence-corrected chi connectivity index (χ3v) is 4.53. The summed E-state index contributed by atoms with van der Waals surface area (Å²) < 4.78 is 5.28. The summed E-state index contributed by atoms with van der Waals surface area (Å²) in [6.45, 7) is 0.824. The van der Waals surface area contributed by atoms with Gasteiger partial charge in [-0.05, 0) is 35.0 Å². The zero-order valence-electron chi connectivity index (χ0n) is 13.6. The highest BCUT2D eigenvalue weighted by molar-refractivity contribution is 5.98. The number of nitrogens with one attached hydrogen (secondary N) is 1. The van der Waals surface area contributed by atoms with Crippen LogP contribution in [0.5, 0.6) is 0 Å². The van der Waals surface area contributed by atoms with E-state index in [4.69, 9.17) is 4.42 Å². The molecule has 1 aliphatic heterocycles. The highest BCUT2D eigenvalue weighted by Gasteiger charge is 2.34. The first-order valence-corrected chi connectivity index (χ1v) is 8.29. The number of amides is 2. The standard InChI is InChI=1S/C20H18N2O3/c23-19-11-16(12-22(19)13-18-6-3-9-25-18)20(24)21-17-8-7-14-4-1-2-5-15(14)10-17/h1-10,16H,11-13H2,(H,21,24). The number of fused-ring (bicyclic) bond motifs is 1. The van der Waals surface area contributed by atoms with Gasteiger partial charge in [0.2, 0.25) is 11.8 Å². The fourth-order valence-corrected chi connectivity index (χ4v) is 3.20. The second-order valence-electron chi connectivity index (χ2n) is 6.31. The maximum Gasteiger partial charge on any atom is 0.229 e. The number of furan rings is 1. The summed E-state index contributed by atoms with van der Waals surface area (Å²) in [5.74, 6) is 0.249. The number of nitrogens with zero attached hydrogens (tertiary/aromatic N) is 1. The molecule has 1 unspecified atom stereocenters. The van der Waals surface area contributed by atoms with Gasteiger partial charge in [0, 0.05) is 18.7 Å².